The maximum Gasteiger partial charge on any atom is 0.338 e. The third-order valence-electron chi connectivity index (χ3n) is 2.12. The third kappa shape index (κ3) is 3.56. The largest absolute Gasteiger partial charge is 0.462 e. The number of carbonyl (C=O) groups excluding carboxylic acids is 1. The molecule has 15 heavy (non-hydrogen) atoms. The van der Waals surface area contributed by atoms with Gasteiger partial charge in [0.2, 0.25) is 0 Å². The van der Waals surface area contributed by atoms with Crippen molar-refractivity contribution in [3.05, 3.63) is 34.9 Å². The number of carbonyl (C=O) groups is 1. The van der Waals surface area contributed by atoms with E-state index in [1.54, 1.807) is 0 Å². The smallest absolute Gasteiger partial charge is 0.338 e. The zero-order valence-electron chi connectivity index (χ0n) is 9.05. The van der Waals surface area contributed by atoms with Crippen LogP contribution in [0.4, 0.5) is 0 Å². The molecular weight excluding hydrogens is 212 g/mol. The SMILES string of the molecule is Cc1ccc(C)c(C(=O)OCCCCl)c1. The molecule has 0 atom stereocenters. The van der Waals surface area contributed by atoms with Gasteiger partial charge < -0.3 is 4.74 Å². The van der Waals surface area contributed by atoms with Crippen LogP contribution in [0, 0.1) is 13.8 Å². The summed E-state index contributed by atoms with van der Waals surface area (Å²) in [5.74, 6) is 0.251. The quantitative estimate of drug-likeness (QED) is 0.448. The average molecular weight is 227 g/mol. The van der Waals surface area contributed by atoms with Gasteiger partial charge in [-0.3, -0.25) is 0 Å². The van der Waals surface area contributed by atoms with Crippen molar-refractivity contribution >= 4 is 17.6 Å². The number of halogens is 1. The van der Waals surface area contributed by atoms with Gasteiger partial charge in [-0.1, -0.05) is 17.7 Å². The Morgan fingerprint density at radius 2 is 2.13 bits per heavy atom. The summed E-state index contributed by atoms with van der Waals surface area (Å²) in [7, 11) is 0. The minimum Gasteiger partial charge on any atom is -0.462 e. The molecule has 0 saturated carbocycles. The summed E-state index contributed by atoms with van der Waals surface area (Å²) in [6, 6.07) is 5.75. The molecule has 0 saturated heterocycles. The molecule has 1 rings (SSSR count). The van der Waals surface area contributed by atoms with Crippen LogP contribution in [0.5, 0.6) is 0 Å². The minimum absolute atomic E-state index is 0.263. The number of alkyl halides is 1. The van der Waals surface area contributed by atoms with E-state index in [4.69, 9.17) is 16.3 Å². The maximum absolute atomic E-state index is 11.6. The van der Waals surface area contributed by atoms with Crippen LogP contribution in [0.15, 0.2) is 18.2 Å². The monoisotopic (exact) mass is 226 g/mol. The molecule has 0 spiro atoms. The summed E-state index contributed by atoms with van der Waals surface area (Å²) in [5, 5.41) is 0. The van der Waals surface area contributed by atoms with Gasteiger partial charge in [-0.25, -0.2) is 4.79 Å². The Morgan fingerprint density at radius 1 is 1.40 bits per heavy atom. The van der Waals surface area contributed by atoms with Crippen LogP contribution in [-0.4, -0.2) is 18.5 Å². The molecule has 0 heterocycles. The van der Waals surface area contributed by atoms with Crippen LogP contribution >= 0.6 is 11.6 Å². The highest BCUT2D eigenvalue weighted by molar-refractivity contribution is 6.17. The number of rotatable bonds is 4. The lowest BCUT2D eigenvalue weighted by molar-refractivity contribution is 0.0505. The topological polar surface area (TPSA) is 26.3 Å². The van der Waals surface area contributed by atoms with E-state index in [-0.39, 0.29) is 5.97 Å². The molecule has 0 unspecified atom stereocenters. The van der Waals surface area contributed by atoms with Crippen molar-refractivity contribution in [3.8, 4) is 0 Å². The Kier molecular flexibility index (Phi) is 4.63. The van der Waals surface area contributed by atoms with Crippen LogP contribution in [0.3, 0.4) is 0 Å². The lowest BCUT2D eigenvalue weighted by Gasteiger charge is -2.07. The van der Waals surface area contributed by atoms with Gasteiger partial charge in [0, 0.05) is 5.88 Å². The second-order valence-electron chi connectivity index (χ2n) is 3.50. The van der Waals surface area contributed by atoms with E-state index < -0.39 is 0 Å². The molecule has 0 radical (unpaired) electrons. The number of benzene rings is 1. The zero-order chi connectivity index (χ0) is 11.3. The highest BCUT2D eigenvalue weighted by Gasteiger charge is 2.09. The Balaban J connectivity index is 2.68. The lowest BCUT2D eigenvalue weighted by Crippen LogP contribution is -2.08. The molecule has 0 aliphatic rings. The van der Waals surface area contributed by atoms with Gasteiger partial charge >= 0.3 is 5.97 Å². The van der Waals surface area contributed by atoms with Crippen LogP contribution < -0.4 is 0 Å². The van der Waals surface area contributed by atoms with Crippen molar-refractivity contribution in [2.45, 2.75) is 20.3 Å². The van der Waals surface area contributed by atoms with E-state index in [1.807, 2.05) is 32.0 Å². The van der Waals surface area contributed by atoms with E-state index in [0.717, 1.165) is 11.1 Å². The van der Waals surface area contributed by atoms with Crippen molar-refractivity contribution in [2.24, 2.45) is 0 Å². The highest BCUT2D eigenvalue weighted by atomic mass is 35.5. The van der Waals surface area contributed by atoms with Gasteiger partial charge in [-0.2, -0.15) is 0 Å². The molecule has 0 bridgehead atoms. The van der Waals surface area contributed by atoms with Gasteiger partial charge in [0.25, 0.3) is 0 Å². The standard InChI is InChI=1S/C12H15ClO2/c1-9-4-5-10(2)11(8-9)12(14)15-7-3-6-13/h4-5,8H,3,6-7H2,1-2H3. The maximum atomic E-state index is 11.6. The predicted octanol–water partition coefficient (Wildman–Crippen LogP) is 3.09. The van der Waals surface area contributed by atoms with Gasteiger partial charge in [0.05, 0.1) is 12.2 Å². The van der Waals surface area contributed by atoms with Crippen LogP contribution in [0.2, 0.25) is 0 Å². The fourth-order valence-electron chi connectivity index (χ4n) is 1.25. The summed E-state index contributed by atoms with van der Waals surface area (Å²) in [6.07, 6.45) is 0.693. The van der Waals surface area contributed by atoms with E-state index in [1.165, 1.54) is 0 Å². The summed E-state index contributed by atoms with van der Waals surface area (Å²) < 4.78 is 5.08. The van der Waals surface area contributed by atoms with Gasteiger partial charge in [0.15, 0.2) is 0 Å². The minimum atomic E-state index is -0.263. The Bertz CT molecular complexity index is 347. The van der Waals surface area contributed by atoms with E-state index >= 15 is 0 Å². The molecule has 0 N–H and O–H groups in total. The Labute approximate surface area is 95.2 Å². The number of hydrogen-bond donors (Lipinski definition) is 0. The second kappa shape index (κ2) is 5.76. The first-order valence-electron chi connectivity index (χ1n) is 4.95. The molecule has 0 aliphatic heterocycles. The number of hydrogen-bond acceptors (Lipinski definition) is 2. The normalized spacial score (nSPS) is 10.1. The van der Waals surface area contributed by atoms with Crippen LogP contribution in [0.1, 0.15) is 27.9 Å². The molecule has 82 valence electrons. The van der Waals surface area contributed by atoms with Crippen molar-refractivity contribution in [1.82, 2.24) is 0 Å². The first-order chi connectivity index (χ1) is 7.15. The van der Waals surface area contributed by atoms with Crippen molar-refractivity contribution in [1.29, 1.82) is 0 Å². The number of aryl methyl sites for hydroxylation is 2. The highest BCUT2D eigenvalue weighted by Crippen LogP contribution is 2.12. The van der Waals surface area contributed by atoms with Gasteiger partial charge in [0.1, 0.15) is 0 Å². The van der Waals surface area contributed by atoms with E-state index in [2.05, 4.69) is 0 Å². The molecule has 0 aliphatic carbocycles. The molecule has 0 amide bonds. The van der Waals surface area contributed by atoms with Crippen molar-refractivity contribution in [3.63, 3.8) is 0 Å². The molecule has 3 heteroatoms. The summed E-state index contributed by atoms with van der Waals surface area (Å²) in [4.78, 5) is 11.6. The van der Waals surface area contributed by atoms with Crippen LogP contribution in [-0.2, 0) is 4.74 Å². The number of esters is 1. The lowest BCUT2D eigenvalue weighted by atomic mass is 10.1. The Hall–Kier alpha value is -1.02. The zero-order valence-corrected chi connectivity index (χ0v) is 9.80. The average Bonchev–Trinajstić information content (AvgIpc) is 2.22. The molecule has 1 aromatic rings. The first-order valence-corrected chi connectivity index (χ1v) is 5.49. The molecule has 0 aromatic heterocycles. The van der Waals surface area contributed by atoms with E-state index in [0.29, 0.717) is 24.5 Å². The van der Waals surface area contributed by atoms with Crippen LogP contribution in [0.25, 0.3) is 0 Å². The van der Waals surface area contributed by atoms with E-state index in [9.17, 15) is 4.79 Å². The molecule has 1 aromatic carbocycles. The van der Waals surface area contributed by atoms with Gasteiger partial charge in [-0.05, 0) is 31.9 Å². The summed E-state index contributed by atoms with van der Waals surface area (Å²) >= 11 is 5.50. The fourth-order valence-corrected chi connectivity index (χ4v) is 1.36. The second-order valence-corrected chi connectivity index (χ2v) is 3.87. The Morgan fingerprint density at radius 3 is 2.80 bits per heavy atom. The summed E-state index contributed by atoms with van der Waals surface area (Å²) in [5.41, 5.74) is 2.64. The molecule has 0 fully saturated rings. The van der Waals surface area contributed by atoms with Crippen molar-refractivity contribution < 1.29 is 9.53 Å². The van der Waals surface area contributed by atoms with Gasteiger partial charge in [-0.15, -0.1) is 11.6 Å². The molecule has 2 nitrogen and oxygen atoms in total. The third-order valence-corrected chi connectivity index (χ3v) is 2.39. The first kappa shape index (κ1) is 12.1. The molecular formula is C12H15ClO2. The summed E-state index contributed by atoms with van der Waals surface area (Å²) in [6.45, 7) is 4.24. The fraction of sp³-hybridized carbons (Fsp3) is 0.417. The number of ether oxygens (including phenoxy) is 1. The van der Waals surface area contributed by atoms with Crippen molar-refractivity contribution in [2.75, 3.05) is 12.5 Å². The predicted molar refractivity (Wildman–Crippen MR) is 61.5 cm³/mol.